The van der Waals surface area contributed by atoms with E-state index < -0.39 is 11.0 Å². The minimum Gasteiger partial charge on any atom is -0.459 e. The Kier molecular flexibility index (Phi) is 6.08. The number of esters is 1. The molecule has 1 aliphatic carbocycles. The number of hydrogen-bond donors (Lipinski definition) is 0. The fourth-order valence-corrected chi connectivity index (χ4v) is 4.82. The molecule has 0 amide bonds. The summed E-state index contributed by atoms with van der Waals surface area (Å²) in [7, 11) is 0. The number of carbonyl (C=O) groups is 1. The van der Waals surface area contributed by atoms with E-state index in [1.54, 1.807) is 0 Å². The monoisotopic (exact) mass is 408 g/mol. The lowest BCUT2D eigenvalue weighted by Gasteiger charge is -2.48. The van der Waals surface area contributed by atoms with Gasteiger partial charge in [0.2, 0.25) is 0 Å². The minimum absolute atomic E-state index is 0.0639. The van der Waals surface area contributed by atoms with Crippen LogP contribution in [-0.4, -0.2) is 11.6 Å². The highest BCUT2D eigenvalue weighted by Gasteiger charge is 2.57. The van der Waals surface area contributed by atoms with Gasteiger partial charge in [-0.15, -0.1) is 0 Å². The second-order valence-corrected chi connectivity index (χ2v) is 9.93. The topological polar surface area (TPSA) is 26.3 Å². The van der Waals surface area contributed by atoms with Crippen molar-refractivity contribution in [1.82, 2.24) is 0 Å². The van der Waals surface area contributed by atoms with Gasteiger partial charge in [0.15, 0.2) is 0 Å². The molecule has 0 N–H and O–H groups in total. The van der Waals surface area contributed by atoms with Crippen LogP contribution in [0.5, 0.6) is 0 Å². The third-order valence-corrected chi connectivity index (χ3v) is 6.08. The smallest absolute Gasteiger partial charge is 0.317 e. The summed E-state index contributed by atoms with van der Waals surface area (Å²) in [6.07, 6.45) is 4.59. The van der Waals surface area contributed by atoms with Crippen molar-refractivity contribution in [3.63, 3.8) is 0 Å². The number of ether oxygens (including phenoxy) is 1. The van der Waals surface area contributed by atoms with Crippen molar-refractivity contribution < 1.29 is 9.53 Å². The summed E-state index contributed by atoms with van der Waals surface area (Å²) in [5.74, 6) is 0.267. The standard InChI is InChI=1S/C22H33BrO2/c1-20(2,3)22(17-9-7-8-10-17,19(24)25-21(4,5)6)18-13-11-16(15-23)12-14-18/h11-14,17H,7-10,15H2,1-6H3. The molecule has 0 aliphatic heterocycles. The highest BCUT2D eigenvalue weighted by Crippen LogP contribution is 2.53. The number of rotatable bonds is 4. The molecule has 0 saturated heterocycles. The number of alkyl halides is 1. The van der Waals surface area contributed by atoms with E-state index in [4.69, 9.17) is 4.74 Å². The average Bonchev–Trinajstić information content (AvgIpc) is 2.99. The molecule has 140 valence electrons. The summed E-state index contributed by atoms with van der Waals surface area (Å²) in [4.78, 5) is 13.6. The van der Waals surface area contributed by atoms with Gasteiger partial charge < -0.3 is 4.74 Å². The van der Waals surface area contributed by atoms with Crippen LogP contribution in [0.25, 0.3) is 0 Å². The molecule has 0 spiro atoms. The Labute approximate surface area is 161 Å². The second kappa shape index (κ2) is 7.42. The lowest BCUT2D eigenvalue weighted by atomic mass is 9.55. The average molecular weight is 409 g/mol. The largest absolute Gasteiger partial charge is 0.459 e. The maximum atomic E-state index is 13.6. The molecule has 0 radical (unpaired) electrons. The fraction of sp³-hybridized carbons (Fsp3) is 0.682. The number of carbonyl (C=O) groups excluding carboxylic acids is 1. The highest BCUT2D eigenvalue weighted by molar-refractivity contribution is 9.08. The summed E-state index contributed by atoms with van der Waals surface area (Å²) < 4.78 is 6.00. The van der Waals surface area contributed by atoms with Gasteiger partial charge in [0.05, 0.1) is 0 Å². The van der Waals surface area contributed by atoms with Crippen LogP contribution < -0.4 is 0 Å². The van der Waals surface area contributed by atoms with Crippen molar-refractivity contribution in [2.24, 2.45) is 11.3 Å². The van der Waals surface area contributed by atoms with Crippen molar-refractivity contribution in [1.29, 1.82) is 0 Å². The normalized spacial score (nSPS) is 18.8. The zero-order chi connectivity index (χ0) is 18.9. The van der Waals surface area contributed by atoms with Crippen LogP contribution in [0.3, 0.4) is 0 Å². The first-order chi connectivity index (χ1) is 11.5. The van der Waals surface area contributed by atoms with Crippen molar-refractivity contribution >= 4 is 21.9 Å². The second-order valence-electron chi connectivity index (χ2n) is 9.37. The number of halogens is 1. The van der Waals surface area contributed by atoms with Crippen molar-refractivity contribution in [2.45, 2.75) is 83.6 Å². The zero-order valence-electron chi connectivity index (χ0n) is 16.6. The van der Waals surface area contributed by atoms with E-state index >= 15 is 0 Å². The highest BCUT2D eigenvalue weighted by atomic mass is 79.9. The van der Waals surface area contributed by atoms with E-state index in [2.05, 4.69) is 61.0 Å². The quantitative estimate of drug-likeness (QED) is 0.425. The Morgan fingerprint density at radius 2 is 1.56 bits per heavy atom. The van der Waals surface area contributed by atoms with Gasteiger partial charge in [0.25, 0.3) is 0 Å². The molecule has 2 nitrogen and oxygen atoms in total. The predicted molar refractivity (Wildman–Crippen MR) is 108 cm³/mol. The molecule has 1 atom stereocenters. The molecule has 1 unspecified atom stereocenters. The molecule has 0 heterocycles. The number of hydrogen-bond acceptors (Lipinski definition) is 2. The molecule has 1 aromatic rings. The van der Waals surface area contributed by atoms with Crippen molar-refractivity contribution in [2.75, 3.05) is 0 Å². The molecular weight excluding hydrogens is 376 g/mol. The van der Waals surface area contributed by atoms with E-state index in [0.29, 0.717) is 5.92 Å². The van der Waals surface area contributed by atoms with Gasteiger partial charge in [-0.25, -0.2) is 0 Å². The Hall–Kier alpha value is -0.830. The molecule has 25 heavy (non-hydrogen) atoms. The first kappa shape index (κ1) is 20.5. The van der Waals surface area contributed by atoms with E-state index in [1.165, 1.54) is 18.4 Å². The lowest BCUT2D eigenvalue weighted by Crippen LogP contribution is -2.54. The lowest BCUT2D eigenvalue weighted by molar-refractivity contribution is -0.171. The van der Waals surface area contributed by atoms with Gasteiger partial charge in [-0.1, -0.05) is 73.8 Å². The van der Waals surface area contributed by atoms with Crippen LogP contribution in [0.1, 0.15) is 78.4 Å². The van der Waals surface area contributed by atoms with Crippen LogP contribution in [0.15, 0.2) is 24.3 Å². The molecule has 1 saturated carbocycles. The SMILES string of the molecule is CC(C)(C)OC(=O)C(c1ccc(CBr)cc1)(C1CCCC1)C(C)(C)C. The van der Waals surface area contributed by atoms with E-state index in [0.717, 1.165) is 23.7 Å². The van der Waals surface area contributed by atoms with Gasteiger partial charge in [-0.3, -0.25) is 4.79 Å². The van der Waals surface area contributed by atoms with Gasteiger partial charge in [0.1, 0.15) is 11.0 Å². The van der Waals surface area contributed by atoms with Crippen LogP contribution in [0.4, 0.5) is 0 Å². The molecule has 1 aromatic carbocycles. The first-order valence-corrected chi connectivity index (χ1v) is 10.5. The molecule has 3 heteroatoms. The molecular formula is C22H33BrO2. The van der Waals surface area contributed by atoms with E-state index in [-0.39, 0.29) is 11.4 Å². The van der Waals surface area contributed by atoms with Crippen LogP contribution in [-0.2, 0) is 20.3 Å². The zero-order valence-corrected chi connectivity index (χ0v) is 18.2. The summed E-state index contributed by atoms with van der Waals surface area (Å²) in [6.45, 7) is 12.4. The van der Waals surface area contributed by atoms with Gasteiger partial charge in [-0.05, 0) is 56.1 Å². The predicted octanol–water partition coefficient (Wildman–Crippen LogP) is 6.40. The maximum Gasteiger partial charge on any atom is 0.317 e. The fourth-order valence-electron chi connectivity index (χ4n) is 4.45. The maximum absolute atomic E-state index is 13.6. The van der Waals surface area contributed by atoms with Crippen LogP contribution in [0, 0.1) is 11.3 Å². The molecule has 0 aromatic heterocycles. The van der Waals surface area contributed by atoms with Crippen molar-refractivity contribution in [3.8, 4) is 0 Å². The first-order valence-electron chi connectivity index (χ1n) is 9.41. The van der Waals surface area contributed by atoms with Gasteiger partial charge in [0, 0.05) is 5.33 Å². The molecule has 0 bridgehead atoms. The van der Waals surface area contributed by atoms with Crippen LogP contribution >= 0.6 is 15.9 Å². The molecule has 1 aliphatic rings. The van der Waals surface area contributed by atoms with Crippen molar-refractivity contribution in [3.05, 3.63) is 35.4 Å². The van der Waals surface area contributed by atoms with Gasteiger partial charge >= 0.3 is 5.97 Å². The van der Waals surface area contributed by atoms with E-state index in [9.17, 15) is 4.79 Å². The minimum atomic E-state index is -0.610. The summed E-state index contributed by atoms with van der Waals surface area (Å²) in [5.41, 5.74) is 1.01. The molecule has 1 fully saturated rings. The van der Waals surface area contributed by atoms with Crippen LogP contribution in [0.2, 0.25) is 0 Å². The van der Waals surface area contributed by atoms with Gasteiger partial charge in [-0.2, -0.15) is 0 Å². The number of benzene rings is 1. The summed E-state index contributed by atoms with van der Waals surface area (Å²) >= 11 is 3.52. The third-order valence-electron chi connectivity index (χ3n) is 5.43. The summed E-state index contributed by atoms with van der Waals surface area (Å²) in [5, 5.41) is 0.825. The Morgan fingerprint density at radius 1 is 1.04 bits per heavy atom. The Bertz CT molecular complexity index is 586. The molecule has 2 rings (SSSR count). The summed E-state index contributed by atoms with van der Waals surface area (Å²) in [6, 6.07) is 8.54. The van der Waals surface area contributed by atoms with E-state index in [1.807, 2.05) is 20.8 Å². The Morgan fingerprint density at radius 3 is 1.96 bits per heavy atom. The Balaban J connectivity index is 2.63. The third kappa shape index (κ3) is 4.13.